The van der Waals surface area contributed by atoms with Crippen molar-refractivity contribution in [1.82, 2.24) is 4.57 Å². The van der Waals surface area contributed by atoms with Gasteiger partial charge in [0.1, 0.15) is 16.7 Å². The molecule has 7 aromatic carbocycles. The van der Waals surface area contributed by atoms with Crippen molar-refractivity contribution in [3.05, 3.63) is 183 Å². The number of hydrogen-bond acceptors (Lipinski definition) is 4. The summed E-state index contributed by atoms with van der Waals surface area (Å²) >= 11 is 0. The van der Waals surface area contributed by atoms with E-state index in [4.69, 9.17) is 8.83 Å². The van der Waals surface area contributed by atoms with E-state index >= 15 is 0 Å². The Balaban J connectivity index is 1.22. The first kappa shape index (κ1) is 27.3. The average Bonchev–Trinajstić information content (AvgIpc) is 3.66. The first-order chi connectivity index (χ1) is 24.6. The number of para-hydroxylation sites is 3. The SMILES string of the molecule is O=c1c2ccccc2oc2cc3c(=O)c4cccc(-n5c6ccccc6c6cc7c(cc65)-c5ccccc5C7c5ccccc5)c4oc3cc12. The highest BCUT2D eigenvalue weighted by molar-refractivity contribution is 6.12. The zero-order valence-corrected chi connectivity index (χ0v) is 26.5. The average molecular weight is 644 g/mol. The molecule has 5 heteroatoms. The van der Waals surface area contributed by atoms with Crippen molar-refractivity contribution in [1.29, 1.82) is 0 Å². The molecule has 0 fully saturated rings. The Hall–Kier alpha value is -6.72. The molecule has 1 unspecified atom stereocenters. The third kappa shape index (κ3) is 3.61. The van der Waals surface area contributed by atoms with Crippen molar-refractivity contribution in [3.63, 3.8) is 0 Å². The van der Waals surface area contributed by atoms with Gasteiger partial charge in [0.2, 0.25) is 10.9 Å². The lowest BCUT2D eigenvalue weighted by Crippen LogP contribution is -2.07. The maximum absolute atomic E-state index is 14.2. The highest BCUT2D eigenvalue weighted by atomic mass is 16.3. The second-order valence-corrected chi connectivity index (χ2v) is 13.1. The van der Waals surface area contributed by atoms with Crippen LogP contribution in [0.2, 0.25) is 0 Å². The number of rotatable bonds is 2. The molecule has 0 aliphatic heterocycles. The molecule has 3 heterocycles. The van der Waals surface area contributed by atoms with Crippen LogP contribution in [0.5, 0.6) is 0 Å². The van der Waals surface area contributed by atoms with Gasteiger partial charge in [0, 0.05) is 16.7 Å². The van der Waals surface area contributed by atoms with Crippen molar-refractivity contribution in [2.45, 2.75) is 5.92 Å². The maximum atomic E-state index is 14.2. The number of hydrogen-bond donors (Lipinski definition) is 0. The highest BCUT2D eigenvalue weighted by Gasteiger charge is 2.31. The van der Waals surface area contributed by atoms with Gasteiger partial charge in [-0.1, -0.05) is 91.0 Å². The number of benzene rings is 7. The van der Waals surface area contributed by atoms with E-state index in [1.165, 1.54) is 27.8 Å². The summed E-state index contributed by atoms with van der Waals surface area (Å²) in [5, 5.41) is 3.92. The van der Waals surface area contributed by atoms with Crippen molar-refractivity contribution >= 4 is 65.7 Å². The van der Waals surface area contributed by atoms with Crippen LogP contribution in [-0.2, 0) is 0 Å². The molecule has 0 saturated carbocycles. The van der Waals surface area contributed by atoms with Crippen molar-refractivity contribution in [3.8, 4) is 16.8 Å². The van der Waals surface area contributed by atoms with Gasteiger partial charge in [-0.25, -0.2) is 0 Å². The Morgan fingerprint density at radius 2 is 1.12 bits per heavy atom. The molecule has 0 saturated heterocycles. The predicted molar refractivity (Wildman–Crippen MR) is 201 cm³/mol. The minimum atomic E-state index is -0.179. The van der Waals surface area contributed by atoms with Crippen LogP contribution in [0.25, 0.3) is 82.5 Å². The second-order valence-electron chi connectivity index (χ2n) is 13.1. The fourth-order valence-electron chi connectivity index (χ4n) is 8.26. The van der Waals surface area contributed by atoms with E-state index in [9.17, 15) is 9.59 Å². The van der Waals surface area contributed by atoms with Gasteiger partial charge >= 0.3 is 0 Å². The molecular weight excluding hydrogens is 618 g/mol. The maximum Gasteiger partial charge on any atom is 0.200 e. The lowest BCUT2D eigenvalue weighted by atomic mass is 9.89. The van der Waals surface area contributed by atoms with E-state index in [0.717, 1.165) is 27.5 Å². The summed E-state index contributed by atoms with van der Waals surface area (Å²) in [6.45, 7) is 0. The molecule has 10 aromatic rings. The molecule has 50 heavy (non-hydrogen) atoms. The Morgan fingerprint density at radius 3 is 1.98 bits per heavy atom. The molecular formula is C45H25NO4. The van der Waals surface area contributed by atoms with Gasteiger partial charge in [-0.2, -0.15) is 0 Å². The molecule has 1 atom stereocenters. The van der Waals surface area contributed by atoms with E-state index in [1.807, 2.05) is 30.3 Å². The monoisotopic (exact) mass is 643 g/mol. The summed E-state index contributed by atoms with van der Waals surface area (Å²) in [4.78, 5) is 27.7. The van der Waals surface area contributed by atoms with Gasteiger partial charge in [-0.15, -0.1) is 0 Å². The van der Waals surface area contributed by atoms with Crippen LogP contribution in [0.4, 0.5) is 0 Å². The lowest BCUT2D eigenvalue weighted by molar-refractivity contribution is 0.651. The molecule has 0 radical (unpaired) electrons. The molecule has 1 aliphatic rings. The smallest absolute Gasteiger partial charge is 0.200 e. The minimum Gasteiger partial charge on any atom is -0.456 e. The molecule has 0 bridgehead atoms. The Kier molecular flexibility index (Phi) is 5.40. The Labute approximate surface area is 283 Å². The quantitative estimate of drug-likeness (QED) is 0.176. The van der Waals surface area contributed by atoms with Crippen LogP contribution in [0, 0.1) is 0 Å². The second kappa shape index (κ2) is 9.91. The normalized spacial score (nSPS) is 14.0. The van der Waals surface area contributed by atoms with E-state index in [-0.39, 0.29) is 16.8 Å². The summed E-state index contributed by atoms with van der Waals surface area (Å²) in [5.74, 6) is 0.125. The third-order valence-corrected chi connectivity index (χ3v) is 10.5. The highest BCUT2D eigenvalue weighted by Crippen LogP contribution is 2.50. The molecule has 3 aromatic heterocycles. The third-order valence-electron chi connectivity index (χ3n) is 10.5. The fourth-order valence-corrected chi connectivity index (χ4v) is 8.26. The van der Waals surface area contributed by atoms with Gasteiger partial charge < -0.3 is 13.4 Å². The topological polar surface area (TPSA) is 65.3 Å². The zero-order valence-electron chi connectivity index (χ0n) is 26.5. The van der Waals surface area contributed by atoms with Crippen LogP contribution in [-0.4, -0.2) is 4.57 Å². The molecule has 5 nitrogen and oxygen atoms in total. The molecule has 1 aliphatic carbocycles. The van der Waals surface area contributed by atoms with E-state index in [1.54, 1.807) is 30.3 Å². The minimum absolute atomic E-state index is 0.125. The lowest BCUT2D eigenvalue weighted by Gasteiger charge is -2.15. The summed E-state index contributed by atoms with van der Waals surface area (Å²) in [6.07, 6.45) is 0. The standard InChI is InChI=1S/C45H25NO4/c47-43-29-16-7-9-20-39(29)49-40-23-35-41(24-34(40)43)50-45-30(44(35)48)17-10-19-37(45)46-36-18-8-6-14-27(36)32-21-33-31(22-38(32)46)26-13-4-5-15-28(26)42(33)25-11-2-1-3-12-25/h1-24,42H. The fraction of sp³-hybridized carbons (Fsp3) is 0.0222. The van der Waals surface area contributed by atoms with Crippen LogP contribution in [0.1, 0.15) is 22.6 Å². The molecule has 0 amide bonds. The van der Waals surface area contributed by atoms with Crippen LogP contribution in [0.3, 0.4) is 0 Å². The van der Waals surface area contributed by atoms with E-state index in [0.29, 0.717) is 43.9 Å². The number of nitrogens with zero attached hydrogens (tertiary/aromatic N) is 1. The largest absolute Gasteiger partial charge is 0.456 e. The summed E-state index contributed by atoms with van der Waals surface area (Å²) in [6, 6.07) is 48.6. The summed E-state index contributed by atoms with van der Waals surface area (Å²) in [7, 11) is 0. The number of fused-ring (bicyclic) bond motifs is 10. The van der Waals surface area contributed by atoms with Gasteiger partial charge in [-0.3, -0.25) is 9.59 Å². The van der Waals surface area contributed by atoms with Crippen LogP contribution in [0.15, 0.2) is 164 Å². The molecule has 234 valence electrons. The van der Waals surface area contributed by atoms with Gasteiger partial charge in [-0.05, 0) is 82.4 Å². The molecule has 0 spiro atoms. The van der Waals surface area contributed by atoms with E-state index < -0.39 is 0 Å². The van der Waals surface area contributed by atoms with Crippen molar-refractivity contribution in [2.75, 3.05) is 0 Å². The molecule has 11 rings (SSSR count). The van der Waals surface area contributed by atoms with Crippen molar-refractivity contribution < 1.29 is 8.83 Å². The molecule has 0 N–H and O–H groups in total. The van der Waals surface area contributed by atoms with Gasteiger partial charge in [0.05, 0.1) is 38.3 Å². The first-order valence-electron chi connectivity index (χ1n) is 16.7. The summed E-state index contributed by atoms with van der Waals surface area (Å²) < 4.78 is 15.0. The Bertz CT molecular complexity index is 3200. The number of aromatic nitrogens is 1. The van der Waals surface area contributed by atoms with E-state index in [2.05, 4.69) is 89.5 Å². The van der Waals surface area contributed by atoms with Gasteiger partial charge in [0.25, 0.3) is 0 Å². The van der Waals surface area contributed by atoms with Crippen LogP contribution < -0.4 is 10.9 Å². The summed E-state index contributed by atoms with van der Waals surface area (Å²) in [5.41, 5.74) is 10.3. The first-order valence-corrected chi connectivity index (χ1v) is 16.7. The Morgan fingerprint density at radius 1 is 0.440 bits per heavy atom. The van der Waals surface area contributed by atoms with Gasteiger partial charge in [0.15, 0.2) is 5.58 Å². The van der Waals surface area contributed by atoms with Crippen molar-refractivity contribution in [2.24, 2.45) is 0 Å². The zero-order chi connectivity index (χ0) is 33.1. The van der Waals surface area contributed by atoms with Crippen LogP contribution >= 0.6 is 0 Å². The predicted octanol–water partition coefficient (Wildman–Crippen LogP) is 10.5.